The van der Waals surface area contributed by atoms with Crippen molar-refractivity contribution >= 4 is 0 Å². The molecule has 0 unspecified atom stereocenters. The first-order valence-corrected chi connectivity index (χ1v) is 3.88. The van der Waals surface area contributed by atoms with Gasteiger partial charge in [0.15, 0.2) is 5.82 Å². The zero-order valence-corrected chi connectivity index (χ0v) is 7.02. The smallest absolute Gasteiger partial charge is 0.299 e. The molecule has 6 heteroatoms. The van der Waals surface area contributed by atoms with Crippen molar-refractivity contribution in [2.24, 2.45) is 0 Å². The molecule has 6 nitrogen and oxygen atoms in total. The van der Waals surface area contributed by atoms with Gasteiger partial charge in [0.25, 0.3) is 0 Å². The molecule has 0 fully saturated rings. The highest BCUT2D eigenvalue weighted by Crippen LogP contribution is 2.05. The van der Waals surface area contributed by atoms with E-state index in [2.05, 4.69) is 20.2 Å². The minimum atomic E-state index is -0.773. The monoisotopic (exact) mass is 190 g/mol. The first-order chi connectivity index (χ1) is 6.77. The Morgan fingerprint density at radius 3 is 2.64 bits per heavy atom. The summed E-state index contributed by atoms with van der Waals surface area (Å²) in [6, 6.07) is 5.18. The lowest BCUT2D eigenvalue weighted by Crippen LogP contribution is -2.30. The highest BCUT2D eigenvalue weighted by Gasteiger charge is 2.02. The maximum absolute atomic E-state index is 10.9. The third kappa shape index (κ3) is 1.45. The second-order valence-corrected chi connectivity index (χ2v) is 2.57. The first-order valence-electron chi connectivity index (χ1n) is 3.88. The summed E-state index contributed by atoms with van der Waals surface area (Å²) in [7, 11) is 0. The van der Waals surface area contributed by atoms with Crippen LogP contribution in [0.1, 0.15) is 0 Å². The molecule has 0 radical (unpaired) electrons. The Hall–Kier alpha value is -2.24. The number of hydrogen-bond acceptors (Lipinski definition) is 4. The fraction of sp³-hybridized carbons (Fsp3) is 0. The summed E-state index contributed by atoms with van der Waals surface area (Å²) in [5.74, 6) is 0.246. The number of nitrogens with one attached hydrogen (secondary N) is 2. The fourth-order valence-electron chi connectivity index (χ4n) is 0.974. The van der Waals surface area contributed by atoms with E-state index in [1.165, 1.54) is 0 Å². The van der Waals surface area contributed by atoms with Crippen LogP contribution >= 0.6 is 0 Å². The molecule has 0 saturated heterocycles. The van der Waals surface area contributed by atoms with Gasteiger partial charge in [-0.1, -0.05) is 6.07 Å². The van der Waals surface area contributed by atoms with Crippen LogP contribution in [0.25, 0.3) is 11.5 Å². The van der Waals surface area contributed by atoms with Gasteiger partial charge in [-0.15, -0.1) is 0 Å². The summed E-state index contributed by atoms with van der Waals surface area (Å²) in [4.78, 5) is 28.0. The van der Waals surface area contributed by atoms with E-state index in [0.29, 0.717) is 5.69 Å². The van der Waals surface area contributed by atoms with Crippen molar-refractivity contribution in [3.8, 4) is 11.5 Å². The molecule has 2 aromatic heterocycles. The van der Waals surface area contributed by atoms with Crippen molar-refractivity contribution in [1.29, 1.82) is 0 Å². The SMILES string of the molecule is O=c1[nH]nc(-c2ccccn2)[nH]c1=O. The average Bonchev–Trinajstić information content (AvgIpc) is 2.23. The zero-order chi connectivity index (χ0) is 9.97. The van der Waals surface area contributed by atoms with Crippen LogP contribution in [-0.4, -0.2) is 20.2 Å². The van der Waals surface area contributed by atoms with E-state index < -0.39 is 11.1 Å². The summed E-state index contributed by atoms with van der Waals surface area (Å²) in [5.41, 5.74) is -1.01. The van der Waals surface area contributed by atoms with Crippen LogP contribution in [0.5, 0.6) is 0 Å². The lowest BCUT2D eigenvalue weighted by atomic mass is 10.3. The standard InChI is InChI=1S/C8H6N4O2/c13-7-8(14)12-11-6(10-7)5-3-1-2-4-9-5/h1-4H,(H,12,14)(H,10,11,13). The maximum Gasteiger partial charge on any atom is 0.329 e. The van der Waals surface area contributed by atoms with Crippen molar-refractivity contribution in [2.45, 2.75) is 0 Å². The van der Waals surface area contributed by atoms with Crippen LogP contribution < -0.4 is 11.1 Å². The summed E-state index contributed by atoms with van der Waals surface area (Å²) in [6.07, 6.45) is 1.57. The van der Waals surface area contributed by atoms with Gasteiger partial charge < -0.3 is 0 Å². The van der Waals surface area contributed by atoms with Crippen LogP contribution in [0.15, 0.2) is 34.0 Å². The highest BCUT2D eigenvalue weighted by atomic mass is 16.2. The molecular weight excluding hydrogens is 184 g/mol. The van der Waals surface area contributed by atoms with Gasteiger partial charge in [-0.3, -0.25) is 19.6 Å². The van der Waals surface area contributed by atoms with Crippen molar-refractivity contribution in [3.05, 3.63) is 45.1 Å². The minimum absolute atomic E-state index is 0.246. The van der Waals surface area contributed by atoms with E-state index >= 15 is 0 Å². The fourth-order valence-corrected chi connectivity index (χ4v) is 0.974. The Morgan fingerprint density at radius 1 is 1.14 bits per heavy atom. The van der Waals surface area contributed by atoms with Crippen molar-refractivity contribution in [1.82, 2.24) is 20.2 Å². The van der Waals surface area contributed by atoms with Gasteiger partial charge >= 0.3 is 11.1 Å². The quantitative estimate of drug-likeness (QED) is 0.594. The highest BCUT2D eigenvalue weighted by molar-refractivity contribution is 5.46. The van der Waals surface area contributed by atoms with Crippen LogP contribution in [0.2, 0.25) is 0 Å². The van der Waals surface area contributed by atoms with Crippen LogP contribution in [0.4, 0.5) is 0 Å². The van der Waals surface area contributed by atoms with Gasteiger partial charge in [0.05, 0.1) is 0 Å². The predicted molar refractivity (Wildman–Crippen MR) is 48.7 cm³/mol. The van der Waals surface area contributed by atoms with Gasteiger partial charge in [0, 0.05) is 6.20 Å². The number of aromatic amines is 2. The third-order valence-corrected chi connectivity index (χ3v) is 1.61. The Balaban J connectivity index is 2.59. The summed E-state index contributed by atoms with van der Waals surface area (Å²) >= 11 is 0. The molecule has 0 amide bonds. The molecule has 2 heterocycles. The Bertz CT molecular complexity index is 543. The second-order valence-electron chi connectivity index (χ2n) is 2.57. The van der Waals surface area contributed by atoms with E-state index in [4.69, 9.17) is 0 Å². The Kier molecular flexibility index (Phi) is 1.94. The van der Waals surface area contributed by atoms with E-state index in [0.717, 1.165) is 0 Å². The Morgan fingerprint density at radius 2 is 2.00 bits per heavy atom. The minimum Gasteiger partial charge on any atom is -0.299 e. The molecule has 2 rings (SSSR count). The second kappa shape index (κ2) is 3.25. The van der Waals surface area contributed by atoms with Gasteiger partial charge in [-0.2, -0.15) is 5.10 Å². The molecule has 70 valence electrons. The third-order valence-electron chi connectivity index (χ3n) is 1.61. The predicted octanol–water partition coefficient (Wildman–Crippen LogP) is -0.480. The summed E-state index contributed by atoms with van der Waals surface area (Å²) < 4.78 is 0. The first kappa shape index (κ1) is 8.36. The number of H-pyrrole nitrogens is 2. The molecule has 0 aliphatic heterocycles. The maximum atomic E-state index is 10.9. The van der Waals surface area contributed by atoms with E-state index in [-0.39, 0.29) is 5.82 Å². The van der Waals surface area contributed by atoms with E-state index in [9.17, 15) is 9.59 Å². The zero-order valence-electron chi connectivity index (χ0n) is 7.02. The molecule has 0 aromatic carbocycles. The summed E-state index contributed by atoms with van der Waals surface area (Å²) in [6.45, 7) is 0. The van der Waals surface area contributed by atoms with Gasteiger partial charge in [0.1, 0.15) is 5.69 Å². The van der Waals surface area contributed by atoms with Crippen molar-refractivity contribution < 1.29 is 0 Å². The van der Waals surface area contributed by atoms with Crippen molar-refractivity contribution in [3.63, 3.8) is 0 Å². The molecular formula is C8H6N4O2. The topological polar surface area (TPSA) is 91.5 Å². The van der Waals surface area contributed by atoms with Gasteiger partial charge in [0.2, 0.25) is 0 Å². The van der Waals surface area contributed by atoms with Crippen LogP contribution in [-0.2, 0) is 0 Å². The van der Waals surface area contributed by atoms with Gasteiger partial charge in [-0.25, -0.2) is 5.10 Å². The molecule has 0 spiro atoms. The van der Waals surface area contributed by atoms with Gasteiger partial charge in [-0.05, 0) is 12.1 Å². The molecule has 2 N–H and O–H groups in total. The molecule has 2 aromatic rings. The molecule has 0 aliphatic rings. The molecule has 0 aliphatic carbocycles. The number of pyridine rings is 1. The van der Waals surface area contributed by atoms with E-state index in [1.807, 2.05) is 0 Å². The largest absolute Gasteiger partial charge is 0.329 e. The normalized spacial score (nSPS) is 10.0. The van der Waals surface area contributed by atoms with Crippen LogP contribution in [0, 0.1) is 0 Å². The Labute approximate surface area is 77.7 Å². The lowest BCUT2D eigenvalue weighted by Gasteiger charge is -1.96. The molecule has 0 saturated carbocycles. The van der Waals surface area contributed by atoms with Crippen molar-refractivity contribution in [2.75, 3.05) is 0 Å². The molecule has 0 bridgehead atoms. The van der Waals surface area contributed by atoms with Crippen LogP contribution in [0.3, 0.4) is 0 Å². The summed E-state index contributed by atoms with van der Waals surface area (Å²) in [5, 5.41) is 5.73. The number of rotatable bonds is 1. The molecule has 0 atom stereocenters. The molecule has 14 heavy (non-hydrogen) atoms. The number of nitrogens with zero attached hydrogens (tertiary/aromatic N) is 2. The number of aromatic nitrogens is 4. The number of hydrogen-bond donors (Lipinski definition) is 2. The van der Waals surface area contributed by atoms with E-state index in [1.54, 1.807) is 24.4 Å². The average molecular weight is 190 g/mol. The lowest BCUT2D eigenvalue weighted by molar-refractivity contribution is 0.907.